The Morgan fingerprint density at radius 1 is 1.04 bits per heavy atom. The highest BCUT2D eigenvalue weighted by atomic mass is 16.7. The van der Waals surface area contributed by atoms with Crippen LogP contribution in [0.25, 0.3) is 0 Å². The van der Waals surface area contributed by atoms with E-state index in [1.807, 2.05) is 0 Å². The van der Waals surface area contributed by atoms with E-state index in [9.17, 15) is 30.6 Å². The first-order chi connectivity index (χ1) is 11.9. The third kappa shape index (κ3) is 4.03. The molecule has 10 nitrogen and oxygen atoms in total. The average molecular weight is 365 g/mol. The van der Waals surface area contributed by atoms with Gasteiger partial charge in [0.2, 0.25) is 0 Å². The number of hydrogen-bond acceptors (Lipinski definition) is 10. The van der Waals surface area contributed by atoms with Gasteiger partial charge < -0.3 is 50.2 Å². The highest BCUT2D eigenvalue weighted by Crippen LogP contribution is 2.26. The van der Waals surface area contributed by atoms with Gasteiger partial charge in [0, 0.05) is 14.2 Å². The molecule has 2 rings (SSSR count). The smallest absolute Gasteiger partial charge is 0.186 e. The largest absolute Gasteiger partial charge is 0.394 e. The summed E-state index contributed by atoms with van der Waals surface area (Å²) in [6, 6.07) is -1.76. The Labute approximate surface area is 145 Å². The zero-order valence-electron chi connectivity index (χ0n) is 14.1. The number of ether oxygens (including phenoxy) is 3. The fourth-order valence-electron chi connectivity index (χ4n) is 3.28. The Balaban J connectivity index is 2.22. The van der Waals surface area contributed by atoms with E-state index in [1.54, 1.807) is 0 Å². The molecule has 0 spiro atoms. The van der Waals surface area contributed by atoms with E-state index >= 15 is 0 Å². The SMILES string of the molecule is COC1OC(CO)C(NC2C=C(CO)C(O)C(O)C2O)C(O)C1OC. The van der Waals surface area contributed by atoms with E-state index in [0.717, 1.165) is 0 Å². The van der Waals surface area contributed by atoms with Crippen LogP contribution in [0.5, 0.6) is 0 Å². The van der Waals surface area contributed by atoms with E-state index in [4.69, 9.17) is 14.2 Å². The topological polar surface area (TPSA) is 161 Å². The van der Waals surface area contributed by atoms with Crippen LogP contribution in [-0.4, -0.2) is 113 Å². The van der Waals surface area contributed by atoms with Gasteiger partial charge in [-0.2, -0.15) is 0 Å². The molecule has 0 aromatic carbocycles. The van der Waals surface area contributed by atoms with Crippen LogP contribution in [0, 0.1) is 0 Å². The zero-order chi connectivity index (χ0) is 18.7. The maximum absolute atomic E-state index is 10.6. The summed E-state index contributed by atoms with van der Waals surface area (Å²) in [5.41, 5.74) is 0.139. The molecule has 7 N–H and O–H groups in total. The molecule has 1 heterocycles. The van der Waals surface area contributed by atoms with Crippen molar-refractivity contribution in [3.63, 3.8) is 0 Å². The second-order valence-electron chi connectivity index (χ2n) is 6.20. The molecule has 0 aromatic heterocycles. The highest BCUT2D eigenvalue weighted by molar-refractivity contribution is 5.22. The van der Waals surface area contributed by atoms with Crippen molar-refractivity contribution >= 4 is 0 Å². The molecule has 0 aromatic rings. The van der Waals surface area contributed by atoms with Crippen molar-refractivity contribution in [1.29, 1.82) is 0 Å². The van der Waals surface area contributed by atoms with Crippen molar-refractivity contribution in [3.05, 3.63) is 11.6 Å². The molecule has 9 atom stereocenters. The summed E-state index contributed by atoms with van der Waals surface area (Å²) in [5, 5.41) is 62.2. The summed E-state index contributed by atoms with van der Waals surface area (Å²) in [7, 11) is 2.75. The average Bonchev–Trinajstić information content (AvgIpc) is 2.62. The van der Waals surface area contributed by atoms with Crippen LogP contribution < -0.4 is 5.32 Å². The fraction of sp³-hybridized carbons (Fsp3) is 0.867. The number of aliphatic hydroxyl groups excluding tert-OH is 6. The molecule has 1 fully saturated rings. The number of nitrogens with one attached hydrogen (secondary N) is 1. The minimum absolute atomic E-state index is 0.139. The van der Waals surface area contributed by atoms with Gasteiger partial charge in [-0.15, -0.1) is 0 Å². The normalized spacial score (nSPS) is 45.3. The summed E-state index contributed by atoms with van der Waals surface area (Å²) in [4.78, 5) is 0. The Hall–Kier alpha value is -0.660. The first-order valence-electron chi connectivity index (χ1n) is 8.01. The van der Waals surface area contributed by atoms with Gasteiger partial charge in [0.15, 0.2) is 6.29 Å². The van der Waals surface area contributed by atoms with Crippen LogP contribution in [-0.2, 0) is 14.2 Å². The van der Waals surface area contributed by atoms with Gasteiger partial charge in [0.1, 0.15) is 36.6 Å². The predicted octanol–water partition coefficient (Wildman–Crippen LogP) is -3.93. The van der Waals surface area contributed by atoms with Gasteiger partial charge in [0.05, 0.1) is 25.3 Å². The van der Waals surface area contributed by atoms with E-state index in [2.05, 4.69) is 5.32 Å². The molecule has 1 saturated heterocycles. The van der Waals surface area contributed by atoms with Crippen molar-refractivity contribution in [2.24, 2.45) is 0 Å². The van der Waals surface area contributed by atoms with Gasteiger partial charge in [-0.25, -0.2) is 0 Å². The van der Waals surface area contributed by atoms with Gasteiger partial charge >= 0.3 is 0 Å². The Bertz CT molecular complexity index is 462. The quantitative estimate of drug-likeness (QED) is 0.232. The minimum Gasteiger partial charge on any atom is -0.394 e. The Morgan fingerprint density at radius 3 is 2.24 bits per heavy atom. The maximum Gasteiger partial charge on any atom is 0.186 e. The zero-order valence-corrected chi connectivity index (χ0v) is 14.1. The van der Waals surface area contributed by atoms with Crippen LogP contribution in [0.3, 0.4) is 0 Å². The molecule has 1 aliphatic heterocycles. The summed E-state index contributed by atoms with van der Waals surface area (Å²) < 4.78 is 15.9. The lowest BCUT2D eigenvalue weighted by molar-refractivity contribution is -0.279. The van der Waals surface area contributed by atoms with Crippen LogP contribution in [0.1, 0.15) is 0 Å². The van der Waals surface area contributed by atoms with Crippen molar-refractivity contribution in [3.8, 4) is 0 Å². The molecule has 9 unspecified atom stereocenters. The summed E-state index contributed by atoms with van der Waals surface area (Å²) >= 11 is 0. The molecule has 1 aliphatic carbocycles. The minimum atomic E-state index is -1.51. The molecular formula is C15H27NO9. The molecule has 0 radical (unpaired) electrons. The first-order valence-corrected chi connectivity index (χ1v) is 8.01. The molecule has 2 aliphatic rings. The fourth-order valence-corrected chi connectivity index (χ4v) is 3.28. The number of hydrogen-bond donors (Lipinski definition) is 7. The first kappa shape index (κ1) is 20.6. The van der Waals surface area contributed by atoms with Crippen molar-refractivity contribution in [1.82, 2.24) is 5.32 Å². The monoisotopic (exact) mass is 365 g/mol. The summed E-state index contributed by atoms with van der Waals surface area (Å²) in [6.45, 7) is -0.932. The van der Waals surface area contributed by atoms with Crippen molar-refractivity contribution < 1.29 is 44.8 Å². The third-order valence-electron chi connectivity index (χ3n) is 4.75. The van der Waals surface area contributed by atoms with Crippen LogP contribution in [0.2, 0.25) is 0 Å². The lowest BCUT2D eigenvalue weighted by atomic mass is 9.86. The van der Waals surface area contributed by atoms with Crippen LogP contribution >= 0.6 is 0 Å². The summed E-state index contributed by atoms with van der Waals surface area (Å²) in [5.74, 6) is 0. The number of methoxy groups -OCH3 is 2. The molecule has 10 heteroatoms. The van der Waals surface area contributed by atoms with E-state index in [0.29, 0.717) is 0 Å². The summed E-state index contributed by atoms with van der Waals surface area (Å²) in [6.07, 6.45) is -6.65. The predicted molar refractivity (Wildman–Crippen MR) is 83.5 cm³/mol. The lowest BCUT2D eigenvalue weighted by Crippen LogP contribution is -2.67. The van der Waals surface area contributed by atoms with Gasteiger partial charge in [0.25, 0.3) is 0 Å². The second kappa shape index (κ2) is 8.82. The van der Waals surface area contributed by atoms with Crippen LogP contribution in [0.4, 0.5) is 0 Å². The Morgan fingerprint density at radius 2 is 1.72 bits per heavy atom. The maximum atomic E-state index is 10.6. The standard InChI is InChI=1S/C15H27NO9/c1-23-14-12(21)9(8(5-18)25-15(14)24-2)16-7-3-6(4-17)10(19)13(22)11(7)20/h3,7-22H,4-5H2,1-2H3. The Kier molecular flexibility index (Phi) is 7.29. The third-order valence-corrected chi connectivity index (χ3v) is 4.75. The molecular weight excluding hydrogens is 338 g/mol. The lowest BCUT2D eigenvalue weighted by Gasteiger charge is -2.45. The van der Waals surface area contributed by atoms with Gasteiger partial charge in [-0.1, -0.05) is 6.08 Å². The second-order valence-corrected chi connectivity index (χ2v) is 6.20. The number of aliphatic hydroxyl groups is 6. The molecule has 0 amide bonds. The highest BCUT2D eigenvalue weighted by Gasteiger charge is 2.47. The van der Waals surface area contributed by atoms with E-state index in [1.165, 1.54) is 20.3 Å². The molecule has 146 valence electrons. The van der Waals surface area contributed by atoms with Crippen molar-refractivity contribution in [2.75, 3.05) is 27.4 Å². The molecule has 25 heavy (non-hydrogen) atoms. The van der Waals surface area contributed by atoms with Gasteiger partial charge in [-0.3, -0.25) is 0 Å². The van der Waals surface area contributed by atoms with Crippen LogP contribution in [0.15, 0.2) is 11.6 Å². The number of rotatable bonds is 6. The van der Waals surface area contributed by atoms with E-state index < -0.39 is 68.2 Å². The van der Waals surface area contributed by atoms with E-state index in [-0.39, 0.29) is 5.57 Å². The molecule has 0 bridgehead atoms. The molecule has 0 saturated carbocycles. The van der Waals surface area contributed by atoms with Crippen molar-refractivity contribution in [2.45, 2.75) is 55.0 Å². The van der Waals surface area contributed by atoms with Gasteiger partial charge in [-0.05, 0) is 5.57 Å².